The molecule has 0 amide bonds. The van der Waals surface area contributed by atoms with Crippen molar-refractivity contribution in [1.82, 2.24) is 0 Å². The molecule has 0 aliphatic heterocycles. The summed E-state index contributed by atoms with van der Waals surface area (Å²) in [7, 11) is 0. The van der Waals surface area contributed by atoms with Crippen LogP contribution in [-0.2, 0) is 0 Å². The van der Waals surface area contributed by atoms with E-state index < -0.39 is 0 Å². The van der Waals surface area contributed by atoms with E-state index in [1.165, 1.54) is 0 Å². The van der Waals surface area contributed by atoms with E-state index in [2.05, 4.69) is 0 Å². The fourth-order valence-electron chi connectivity index (χ4n) is 2.08. The van der Waals surface area contributed by atoms with Gasteiger partial charge in [0.1, 0.15) is 0 Å². The minimum absolute atomic E-state index is 0.495. The predicted molar refractivity (Wildman–Crippen MR) is 71.4 cm³/mol. The van der Waals surface area contributed by atoms with Crippen LogP contribution in [-0.4, -0.2) is 0 Å². The van der Waals surface area contributed by atoms with Crippen molar-refractivity contribution in [3.05, 3.63) is 24.3 Å². The van der Waals surface area contributed by atoms with E-state index in [0.29, 0.717) is 33.9 Å². The number of furan rings is 1. The van der Waals surface area contributed by atoms with Crippen molar-refractivity contribution in [1.29, 1.82) is 0 Å². The molecule has 0 saturated heterocycles. The van der Waals surface area contributed by atoms with E-state index in [1.54, 1.807) is 24.3 Å². The van der Waals surface area contributed by atoms with Crippen LogP contribution in [0.3, 0.4) is 0 Å². The highest BCUT2D eigenvalue weighted by Crippen LogP contribution is 2.37. The Balaban J connectivity index is 2.60. The highest BCUT2D eigenvalue weighted by atomic mass is 16.3. The molecule has 3 aromatic rings. The van der Waals surface area contributed by atoms with Gasteiger partial charge in [-0.3, -0.25) is 0 Å². The first-order valence-electron chi connectivity index (χ1n) is 5.12. The summed E-state index contributed by atoms with van der Waals surface area (Å²) in [6.45, 7) is 0. The van der Waals surface area contributed by atoms with Gasteiger partial charge in [0.25, 0.3) is 0 Å². The molecule has 0 atom stereocenters. The molecule has 8 N–H and O–H groups in total. The summed E-state index contributed by atoms with van der Waals surface area (Å²) >= 11 is 0. The second kappa shape index (κ2) is 2.98. The quantitative estimate of drug-likeness (QED) is 0.438. The minimum Gasteiger partial charge on any atom is -0.452 e. The summed E-state index contributed by atoms with van der Waals surface area (Å²) in [5.74, 6) is 0. The first-order chi connectivity index (χ1) is 8.06. The Hall–Kier alpha value is -2.56. The Bertz CT molecular complexity index is 683. The summed E-state index contributed by atoms with van der Waals surface area (Å²) in [5, 5.41) is 1.66. The average Bonchev–Trinajstić information content (AvgIpc) is 2.58. The molecule has 0 spiro atoms. The lowest BCUT2D eigenvalue weighted by Gasteiger charge is -1.98. The van der Waals surface area contributed by atoms with Crippen LogP contribution in [0.1, 0.15) is 0 Å². The number of hydrogen-bond acceptors (Lipinski definition) is 5. The van der Waals surface area contributed by atoms with Gasteiger partial charge in [-0.25, -0.2) is 0 Å². The Labute approximate surface area is 96.9 Å². The van der Waals surface area contributed by atoms with Gasteiger partial charge in [-0.05, 0) is 24.3 Å². The molecule has 2 aromatic carbocycles. The molecule has 1 heterocycles. The maximum absolute atomic E-state index is 5.86. The molecule has 5 nitrogen and oxygen atoms in total. The van der Waals surface area contributed by atoms with E-state index >= 15 is 0 Å². The number of anilines is 4. The molecule has 0 saturated carbocycles. The Morgan fingerprint density at radius 2 is 1.06 bits per heavy atom. The topological polar surface area (TPSA) is 117 Å². The third-order valence-corrected chi connectivity index (χ3v) is 2.77. The number of nitrogen functional groups attached to an aromatic ring is 4. The van der Waals surface area contributed by atoms with E-state index in [4.69, 9.17) is 27.4 Å². The maximum atomic E-state index is 5.86. The van der Waals surface area contributed by atoms with Crippen molar-refractivity contribution in [2.45, 2.75) is 0 Å². The molecule has 86 valence electrons. The standard InChI is InChI=1S/C12H12N4O/c13-5-1-7-8-2-6(14)4-10(16)12(8)17-11(7)9(15)3-5/h1-4H,13-16H2. The second-order valence-corrected chi connectivity index (χ2v) is 4.08. The molecule has 5 heteroatoms. The van der Waals surface area contributed by atoms with E-state index in [1.807, 2.05) is 0 Å². The van der Waals surface area contributed by atoms with Crippen LogP contribution < -0.4 is 22.9 Å². The molecule has 0 radical (unpaired) electrons. The molecule has 0 aliphatic rings. The largest absolute Gasteiger partial charge is 0.452 e. The summed E-state index contributed by atoms with van der Waals surface area (Å²) in [6.07, 6.45) is 0. The number of fused-ring (bicyclic) bond motifs is 3. The van der Waals surface area contributed by atoms with Crippen LogP contribution >= 0.6 is 0 Å². The number of hydrogen-bond donors (Lipinski definition) is 4. The lowest BCUT2D eigenvalue weighted by Crippen LogP contribution is -1.90. The third-order valence-electron chi connectivity index (χ3n) is 2.77. The van der Waals surface area contributed by atoms with Gasteiger partial charge < -0.3 is 27.4 Å². The van der Waals surface area contributed by atoms with Crippen LogP contribution in [0.2, 0.25) is 0 Å². The van der Waals surface area contributed by atoms with Crippen molar-refractivity contribution in [3.8, 4) is 0 Å². The zero-order chi connectivity index (χ0) is 12.2. The van der Waals surface area contributed by atoms with Gasteiger partial charge in [0.05, 0.1) is 11.4 Å². The molecule has 3 rings (SSSR count). The second-order valence-electron chi connectivity index (χ2n) is 4.08. The molecular formula is C12H12N4O. The maximum Gasteiger partial charge on any atom is 0.158 e. The van der Waals surface area contributed by atoms with E-state index in [0.717, 1.165) is 10.8 Å². The fraction of sp³-hybridized carbons (Fsp3) is 0. The average molecular weight is 228 g/mol. The summed E-state index contributed by atoms with van der Waals surface area (Å²) in [6, 6.07) is 6.92. The Kier molecular flexibility index (Phi) is 1.69. The number of nitrogens with two attached hydrogens (primary N) is 4. The predicted octanol–water partition coefficient (Wildman–Crippen LogP) is 1.91. The Morgan fingerprint density at radius 1 is 0.647 bits per heavy atom. The van der Waals surface area contributed by atoms with Crippen LogP contribution in [0.4, 0.5) is 22.7 Å². The SMILES string of the molecule is Nc1cc(N)c2oc3c(N)cc(N)cc3c2c1. The summed E-state index contributed by atoms with van der Waals surface area (Å²) in [5.41, 5.74) is 26.6. The zero-order valence-corrected chi connectivity index (χ0v) is 9.03. The summed E-state index contributed by atoms with van der Waals surface area (Å²) in [4.78, 5) is 0. The van der Waals surface area contributed by atoms with E-state index in [9.17, 15) is 0 Å². The van der Waals surface area contributed by atoms with Gasteiger partial charge in [-0.15, -0.1) is 0 Å². The van der Waals surface area contributed by atoms with Gasteiger partial charge >= 0.3 is 0 Å². The molecule has 17 heavy (non-hydrogen) atoms. The smallest absolute Gasteiger partial charge is 0.158 e. The van der Waals surface area contributed by atoms with Gasteiger partial charge in [-0.2, -0.15) is 0 Å². The molecule has 0 aliphatic carbocycles. The van der Waals surface area contributed by atoms with Crippen molar-refractivity contribution < 1.29 is 4.42 Å². The first-order valence-corrected chi connectivity index (χ1v) is 5.12. The van der Waals surface area contributed by atoms with Crippen molar-refractivity contribution in [2.24, 2.45) is 0 Å². The van der Waals surface area contributed by atoms with Crippen molar-refractivity contribution in [2.75, 3.05) is 22.9 Å². The molecule has 1 aromatic heterocycles. The van der Waals surface area contributed by atoms with Gasteiger partial charge in [0.15, 0.2) is 11.2 Å². The lowest BCUT2D eigenvalue weighted by atomic mass is 10.1. The molecule has 0 bridgehead atoms. The lowest BCUT2D eigenvalue weighted by molar-refractivity contribution is 0.672. The highest BCUT2D eigenvalue weighted by molar-refractivity contribution is 6.13. The molecule has 0 unspecified atom stereocenters. The van der Waals surface area contributed by atoms with E-state index in [-0.39, 0.29) is 0 Å². The number of benzene rings is 2. The van der Waals surface area contributed by atoms with Crippen LogP contribution in [0.5, 0.6) is 0 Å². The number of rotatable bonds is 0. The zero-order valence-electron chi connectivity index (χ0n) is 9.03. The summed E-state index contributed by atoms with van der Waals surface area (Å²) < 4.78 is 5.66. The fourth-order valence-corrected chi connectivity index (χ4v) is 2.08. The van der Waals surface area contributed by atoms with Crippen molar-refractivity contribution >= 4 is 44.7 Å². The first kappa shape index (κ1) is 9.65. The van der Waals surface area contributed by atoms with Gasteiger partial charge in [0, 0.05) is 22.1 Å². The Morgan fingerprint density at radius 3 is 1.47 bits per heavy atom. The van der Waals surface area contributed by atoms with Crippen LogP contribution in [0.25, 0.3) is 21.9 Å². The highest BCUT2D eigenvalue weighted by Gasteiger charge is 2.13. The van der Waals surface area contributed by atoms with Gasteiger partial charge in [0.2, 0.25) is 0 Å². The van der Waals surface area contributed by atoms with Crippen LogP contribution in [0, 0.1) is 0 Å². The molecular weight excluding hydrogens is 216 g/mol. The minimum atomic E-state index is 0.495. The van der Waals surface area contributed by atoms with Gasteiger partial charge in [-0.1, -0.05) is 0 Å². The monoisotopic (exact) mass is 228 g/mol. The molecule has 0 fully saturated rings. The van der Waals surface area contributed by atoms with Crippen molar-refractivity contribution in [3.63, 3.8) is 0 Å². The third kappa shape index (κ3) is 1.25. The van der Waals surface area contributed by atoms with Crippen LogP contribution in [0.15, 0.2) is 28.7 Å². The normalized spacial score (nSPS) is 11.3.